The SMILES string of the molecule is CC(C)(O)CC(Cc1ccccc1F)C(=O)O. The summed E-state index contributed by atoms with van der Waals surface area (Å²) < 4.78 is 13.4. The molecule has 0 aliphatic rings. The average Bonchev–Trinajstić information content (AvgIpc) is 2.18. The summed E-state index contributed by atoms with van der Waals surface area (Å²) in [6, 6.07) is 6.10. The first kappa shape index (κ1) is 13.6. The van der Waals surface area contributed by atoms with E-state index in [4.69, 9.17) is 5.11 Å². The molecule has 0 aliphatic heterocycles. The van der Waals surface area contributed by atoms with Crippen LogP contribution < -0.4 is 0 Å². The van der Waals surface area contributed by atoms with Crippen molar-refractivity contribution in [2.75, 3.05) is 0 Å². The maximum absolute atomic E-state index is 13.4. The lowest BCUT2D eigenvalue weighted by molar-refractivity contribution is -0.143. The third-order valence-corrected chi connectivity index (χ3v) is 2.52. The summed E-state index contributed by atoms with van der Waals surface area (Å²) in [6.45, 7) is 3.09. The minimum atomic E-state index is -1.08. The largest absolute Gasteiger partial charge is 0.481 e. The number of aliphatic hydroxyl groups is 1. The first-order valence-corrected chi connectivity index (χ1v) is 5.48. The molecule has 0 radical (unpaired) electrons. The number of carboxylic acids is 1. The van der Waals surface area contributed by atoms with Gasteiger partial charge in [-0.05, 0) is 38.3 Å². The van der Waals surface area contributed by atoms with Crippen molar-refractivity contribution >= 4 is 5.97 Å². The molecule has 0 saturated heterocycles. The molecule has 0 aromatic heterocycles. The molecule has 3 nitrogen and oxygen atoms in total. The van der Waals surface area contributed by atoms with Crippen LogP contribution in [0.15, 0.2) is 24.3 Å². The van der Waals surface area contributed by atoms with Crippen molar-refractivity contribution in [1.82, 2.24) is 0 Å². The van der Waals surface area contributed by atoms with E-state index in [-0.39, 0.29) is 12.8 Å². The molecular formula is C13H17FO3. The highest BCUT2D eigenvalue weighted by atomic mass is 19.1. The van der Waals surface area contributed by atoms with Crippen molar-refractivity contribution in [3.63, 3.8) is 0 Å². The molecule has 4 heteroatoms. The van der Waals surface area contributed by atoms with E-state index in [1.54, 1.807) is 32.0 Å². The molecule has 0 heterocycles. The number of carboxylic acid groups (broad SMARTS) is 1. The lowest BCUT2D eigenvalue weighted by atomic mass is 9.88. The van der Waals surface area contributed by atoms with Gasteiger partial charge in [0.25, 0.3) is 0 Å². The van der Waals surface area contributed by atoms with Crippen LogP contribution in [0.1, 0.15) is 25.8 Å². The highest BCUT2D eigenvalue weighted by molar-refractivity contribution is 5.70. The topological polar surface area (TPSA) is 57.5 Å². The van der Waals surface area contributed by atoms with Gasteiger partial charge >= 0.3 is 5.97 Å². The quantitative estimate of drug-likeness (QED) is 0.829. The monoisotopic (exact) mass is 240 g/mol. The zero-order valence-electron chi connectivity index (χ0n) is 9.98. The molecule has 0 spiro atoms. The van der Waals surface area contributed by atoms with Gasteiger partial charge in [0.1, 0.15) is 5.82 Å². The number of halogens is 1. The number of carbonyl (C=O) groups is 1. The second-order valence-corrected chi connectivity index (χ2v) is 4.85. The number of rotatable bonds is 5. The lowest BCUT2D eigenvalue weighted by Crippen LogP contribution is -2.29. The van der Waals surface area contributed by atoms with E-state index < -0.39 is 23.3 Å². The van der Waals surface area contributed by atoms with Crippen molar-refractivity contribution < 1.29 is 19.4 Å². The summed E-state index contributed by atoms with van der Waals surface area (Å²) in [4.78, 5) is 11.1. The minimum absolute atomic E-state index is 0.0893. The fourth-order valence-corrected chi connectivity index (χ4v) is 1.78. The zero-order chi connectivity index (χ0) is 13.1. The normalized spacial score (nSPS) is 13.4. The molecule has 0 aliphatic carbocycles. The summed E-state index contributed by atoms with van der Waals surface area (Å²) in [5, 5.41) is 18.7. The van der Waals surface area contributed by atoms with Gasteiger partial charge in [0, 0.05) is 0 Å². The summed E-state index contributed by atoms with van der Waals surface area (Å²) in [7, 11) is 0. The number of hydrogen-bond donors (Lipinski definition) is 2. The number of hydrogen-bond acceptors (Lipinski definition) is 2. The Hall–Kier alpha value is -1.42. The maximum Gasteiger partial charge on any atom is 0.306 e. The first-order valence-electron chi connectivity index (χ1n) is 5.48. The van der Waals surface area contributed by atoms with Crippen LogP contribution in [0.4, 0.5) is 4.39 Å². The van der Waals surface area contributed by atoms with Crippen LogP contribution in [0.25, 0.3) is 0 Å². The van der Waals surface area contributed by atoms with Crippen LogP contribution >= 0.6 is 0 Å². The van der Waals surface area contributed by atoms with Crippen LogP contribution in [-0.4, -0.2) is 21.8 Å². The highest BCUT2D eigenvalue weighted by Crippen LogP contribution is 2.21. The summed E-state index contributed by atoms with van der Waals surface area (Å²) >= 11 is 0. The standard InChI is InChI=1S/C13H17FO3/c1-13(2,17)8-10(12(15)16)7-9-5-3-4-6-11(9)14/h3-6,10,17H,7-8H2,1-2H3,(H,15,16). The van der Waals surface area contributed by atoms with Crippen LogP contribution in [0.3, 0.4) is 0 Å². The van der Waals surface area contributed by atoms with Crippen LogP contribution in [0.2, 0.25) is 0 Å². The van der Waals surface area contributed by atoms with Gasteiger partial charge in [0.05, 0.1) is 11.5 Å². The van der Waals surface area contributed by atoms with Crippen molar-refractivity contribution in [1.29, 1.82) is 0 Å². The van der Waals surface area contributed by atoms with Gasteiger partial charge in [-0.15, -0.1) is 0 Å². The van der Waals surface area contributed by atoms with E-state index in [2.05, 4.69) is 0 Å². The summed E-state index contributed by atoms with van der Waals surface area (Å²) in [5.74, 6) is -2.21. The molecule has 17 heavy (non-hydrogen) atoms. The van der Waals surface area contributed by atoms with Crippen molar-refractivity contribution in [2.45, 2.75) is 32.3 Å². The highest BCUT2D eigenvalue weighted by Gasteiger charge is 2.26. The minimum Gasteiger partial charge on any atom is -0.481 e. The molecule has 1 aromatic carbocycles. The van der Waals surface area contributed by atoms with Gasteiger partial charge in [-0.1, -0.05) is 18.2 Å². The van der Waals surface area contributed by atoms with Gasteiger partial charge in [-0.2, -0.15) is 0 Å². The van der Waals surface area contributed by atoms with E-state index in [0.717, 1.165) is 0 Å². The fourth-order valence-electron chi connectivity index (χ4n) is 1.78. The number of aliphatic carboxylic acids is 1. The molecule has 1 unspecified atom stereocenters. The zero-order valence-corrected chi connectivity index (χ0v) is 9.98. The summed E-state index contributed by atoms with van der Waals surface area (Å²) in [6.07, 6.45) is 0.183. The Balaban J connectivity index is 2.81. The van der Waals surface area contributed by atoms with Crippen molar-refractivity contribution in [3.8, 4) is 0 Å². The Kier molecular flexibility index (Phi) is 4.23. The van der Waals surface area contributed by atoms with E-state index in [1.807, 2.05) is 0 Å². The molecule has 0 saturated carbocycles. The van der Waals surface area contributed by atoms with Gasteiger partial charge in [0.2, 0.25) is 0 Å². The fraction of sp³-hybridized carbons (Fsp3) is 0.462. The maximum atomic E-state index is 13.4. The van der Waals surface area contributed by atoms with E-state index in [0.29, 0.717) is 5.56 Å². The van der Waals surface area contributed by atoms with E-state index >= 15 is 0 Å². The van der Waals surface area contributed by atoms with Crippen LogP contribution in [0, 0.1) is 11.7 Å². The van der Waals surface area contributed by atoms with Crippen LogP contribution in [-0.2, 0) is 11.2 Å². The van der Waals surface area contributed by atoms with Crippen molar-refractivity contribution in [2.24, 2.45) is 5.92 Å². The lowest BCUT2D eigenvalue weighted by Gasteiger charge is -2.22. The first-order chi connectivity index (χ1) is 7.79. The predicted octanol–water partition coefficient (Wildman–Crippen LogP) is 2.23. The van der Waals surface area contributed by atoms with Gasteiger partial charge in [-0.3, -0.25) is 4.79 Å². The van der Waals surface area contributed by atoms with E-state index in [1.165, 1.54) is 6.07 Å². The molecular weight excluding hydrogens is 223 g/mol. The molecule has 2 N–H and O–H groups in total. The number of benzene rings is 1. The molecule has 1 rings (SSSR count). The second kappa shape index (κ2) is 5.27. The Morgan fingerprint density at radius 3 is 2.47 bits per heavy atom. The Morgan fingerprint density at radius 2 is 2.00 bits per heavy atom. The molecule has 94 valence electrons. The smallest absolute Gasteiger partial charge is 0.306 e. The predicted molar refractivity (Wildman–Crippen MR) is 62.1 cm³/mol. The van der Waals surface area contributed by atoms with Gasteiger partial charge in [0.15, 0.2) is 0 Å². The summed E-state index contributed by atoms with van der Waals surface area (Å²) in [5.41, 5.74) is -0.710. The van der Waals surface area contributed by atoms with Crippen molar-refractivity contribution in [3.05, 3.63) is 35.6 Å². The molecule has 1 atom stereocenters. The third-order valence-electron chi connectivity index (χ3n) is 2.52. The van der Waals surface area contributed by atoms with Gasteiger partial charge in [-0.25, -0.2) is 4.39 Å². The third kappa shape index (κ3) is 4.53. The average molecular weight is 240 g/mol. The molecule has 1 aromatic rings. The molecule has 0 fully saturated rings. The van der Waals surface area contributed by atoms with E-state index in [9.17, 15) is 14.3 Å². The molecule has 0 bridgehead atoms. The second-order valence-electron chi connectivity index (χ2n) is 4.85. The Bertz CT molecular complexity index is 396. The van der Waals surface area contributed by atoms with Gasteiger partial charge < -0.3 is 10.2 Å². The molecule has 0 amide bonds. The Morgan fingerprint density at radius 1 is 1.41 bits per heavy atom. The van der Waals surface area contributed by atoms with Crippen LogP contribution in [0.5, 0.6) is 0 Å². The Labute approximate surface area is 99.9 Å².